The summed E-state index contributed by atoms with van der Waals surface area (Å²) in [6.07, 6.45) is 0. The van der Waals surface area contributed by atoms with Crippen molar-refractivity contribution in [2.75, 3.05) is 12.8 Å². The minimum absolute atomic E-state index is 0.571. The number of aryl methyl sites for hydroxylation is 2. The molecule has 3 nitrogen and oxygen atoms in total. The molecule has 0 fully saturated rings. The molecule has 0 aliphatic carbocycles. The summed E-state index contributed by atoms with van der Waals surface area (Å²) in [4.78, 5) is 4.57. The average molecular weight is 278 g/mol. The third-order valence-electron chi connectivity index (χ3n) is 3.73. The summed E-state index contributed by atoms with van der Waals surface area (Å²) in [6.45, 7) is 4.11. The number of benzene rings is 2. The van der Waals surface area contributed by atoms with Crippen LogP contribution in [0.15, 0.2) is 42.5 Å². The molecule has 3 aromatic rings. The first-order valence-electron chi connectivity index (χ1n) is 6.90. The summed E-state index contributed by atoms with van der Waals surface area (Å²) in [5.74, 6) is 1.42. The van der Waals surface area contributed by atoms with Gasteiger partial charge >= 0.3 is 0 Å². The molecule has 1 heterocycles. The molecule has 0 saturated heterocycles. The van der Waals surface area contributed by atoms with E-state index in [1.807, 2.05) is 18.2 Å². The van der Waals surface area contributed by atoms with Crippen LogP contribution >= 0.6 is 0 Å². The Kier molecular flexibility index (Phi) is 3.26. The zero-order chi connectivity index (χ0) is 15.0. The predicted octanol–water partition coefficient (Wildman–Crippen LogP) is 4.11. The first kappa shape index (κ1) is 13.4. The molecule has 21 heavy (non-hydrogen) atoms. The summed E-state index contributed by atoms with van der Waals surface area (Å²) in [5, 5.41) is 2.11. The van der Waals surface area contributed by atoms with Crippen molar-refractivity contribution >= 4 is 16.6 Å². The van der Waals surface area contributed by atoms with E-state index in [1.165, 1.54) is 5.56 Å². The second-order valence-electron chi connectivity index (χ2n) is 5.30. The van der Waals surface area contributed by atoms with E-state index in [0.717, 1.165) is 33.3 Å². The van der Waals surface area contributed by atoms with Gasteiger partial charge in [0, 0.05) is 10.9 Å². The molecular formula is C18H18N2O. The van der Waals surface area contributed by atoms with E-state index in [-0.39, 0.29) is 0 Å². The van der Waals surface area contributed by atoms with Crippen molar-refractivity contribution in [1.82, 2.24) is 4.98 Å². The van der Waals surface area contributed by atoms with Crippen LogP contribution in [0.5, 0.6) is 5.75 Å². The number of rotatable bonds is 2. The van der Waals surface area contributed by atoms with Gasteiger partial charge in [-0.3, -0.25) is 0 Å². The highest BCUT2D eigenvalue weighted by atomic mass is 16.5. The molecule has 0 spiro atoms. The van der Waals surface area contributed by atoms with Crippen molar-refractivity contribution in [3.63, 3.8) is 0 Å². The van der Waals surface area contributed by atoms with E-state index in [2.05, 4.69) is 43.1 Å². The molecule has 0 aliphatic heterocycles. The van der Waals surface area contributed by atoms with Crippen molar-refractivity contribution in [2.24, 2.45) is 0 Å². The Morgan fingerprint density at radius 1 is 1.00 bits per heavy atom. The van der Waals surface area contributed by atoms with Crippen LogP contribution in [-0.2, 0) is 0 Å². The van der Waals surface area contributed by atoms with Crippen LogP contribution in [-0.4, -0.2) is 12.1 Å². The van der Waals surface area contributed by atoms with Crippen molar-refractivity contribution in [3.05, 3.63) is 53.6 Å². The minimum atomic E-state index is 0.571. The van der Waals surface area contributed by atoms with Crippen LogP contribution in [0.4, 0.5) is 5.82 Å². The molecule has 106 valence electrons. The van der Waals surface area contributed by atoms with Gasteiger partial charge in [-0.15, -0.1) is 0 Å². The zero-order valence-electron chi connectivity index (χ0n) is 12.5. The molecule has 0 aliphatic rings. The molecule has 0 unspecified atom stereocenters. The number of nitrogens with two attached hydrogens (primary N) is 1. The Morgan fingerprint density at radius 2 is 1.81 bits per heavy atom. The van der Waals surface area contributed by atoms with Gasteiger partial charge in [-0.2, -0.15) is 0 Å². The predicted molar refractivity (Wildman–Crippen MR) is 87.6 cm³/mol. The number of anilines is 1. The lowest BCUT2D eigenvalue weighted by Crippen LogP contribution is -1.96. The quantitative estimate of drug-likeness (QED) is 0.767. The Balaban J connectivity index is 2.19. The van der Waals surface area contributed by atoms with E-state index in [1.54, 1.807) is 7.11 Å². The maximum atomic E-state index is 6.13. The third-order valence-corrected chi connectivity index (χ3v) is 3.73. The molecule has 0 saturated carbocycles. The molecule has 2 N–H and O–H groups in total. The fourth-order valence-corrected chi connectivity index (χ4v) is 2.58. The van der Waals surface area contributed by atoms with Crippen LogP contribution < -0.4 is 10.5 Å². The molecule has 1 aromatic heterocycles. The maximum Gasteiger partial charge on any atom is 0.131 e. The molecule has 2 aromatic carbocycles. The topological polar surface area (TPSA) is 48.1 Å². The van der Waals surface area contributed by atoms with Gasteiger partial charge in [-0.25, -0.2) is 4.98 Å². The van der Waals surface area contributed by atoms with Gasteiger partial charge in [-0.05, 0) is 55.1 Å². The lowest BCUT2D eigenvalue weighted by molar-refractivity contribution is 0.414. The number of nitrogens with zero attached hydrogens (tertiary/aromatic N) is 1. The van der Waals surface area contributed by atoms with Crippen molar-refractivity contribution in [3.8, 4) is 17.0 Å². The monoisotopic (exact) mass is 278 g/mol. The van der Waals surface area contributed by atoms with Crippen LogP contribution in [0.2, 0.25) is 0 Å². The number of ether oxygens (including phenoxy) is 1. The maximum absolute atomic E-state index is 6.13. The molecule has 0 atom stereocenters. The minimum Gasteiger partial charge on any atom is -0.497 e. The van der Waals surface area contributed by atoms with E-state index >= 15 is 0 Å². The second kappa shape index (κ2) is 5.09. The summed E-state index contributed by atoms with van der Waals surface area (Å²) in [5.41, 5.74) is 10.4. The normalized spacial score (nSPS) is 10.8. The standard InChI is InChI=1S/C18H18N2O/c1-11-4-5-13-10-17(20-18(19)16(13)8-11)15-7-6-14(21-3)9-12(15)2/h4-10H,1-3H3,(H2,19,20). The van der Waals surface area contributed by atoms with Gasteiger partial charge in [0.25, 0.3) is 0 Å². The number of fused-ring (bicyclic) bond motifs is 1. The number of aromatic nitrogens is 1. The lowest BCUT2D eigenvalue weighted by Gasteiger charge is -2.10. The number of hydrogen-bond acceptors (Lipinski definition) is 3. The highest BCUT2D eigenvalue weighted by Gasteiger charge is 2.09. The lowest BCUT2D eigenvalue weighted by atomic mass is 10.0. The van der Waals surface area contributed by atoms with E-state index < -0.39 is 0 Å². The molecule has 3 heteroatoms. The van der Waals surface area contributed by atoms with Crippen molar-refractivity contribution < 1.29 is 4.74 Å². The van der Waals surface area contributed by atoms with E-state index in [9.17, 15) is 0 Å². The van der Waals surface area contributed by atoms with Crippen LogP contribution in [0.3, 0.4) is 0 Å². The largest absolute Gasteiger partial charge is 0.497 e. The van der Waals surface area contributed by atoms with E-state index in [0.29, 0.717) is 5.82 Å². The third kappa shape index (κ3) is 2.42. The van der Waals surface area contributed by atoms with Crippen LogP contribution in [0, 0.1) is 13.8 Å². The smallest absolute Gasteiger partial charge is 0.131 e. The summed E-state index contributed by atoms with van der Waals surface area (Å²) in [7, 11) is 1.67. The van der Waals surface area contributed by atoms with Gasteiger partial charge in [0.2, 0.25) is 0 Å². The van der Waals surface area contributed by atoms with Gasteiger partial charge in [0.15, 0.2) is 0 Å². The first-order valence-corrected chi connectivity index (χ1v) is 6.90. The zero-order valence-corrected chi connectivity index (χ0v) is 12.5. The summed E-state index contributed by atoms with van der Waals surface area (Å²) in [6, 6.07) is 14.3. The molecule has 0 bridgehead atoms. The van der Waals surface area contributed by atoms with Crippen molar-refractivity contribution in [1.29, 1.82) is 0 Å². The summed E-state index contributed by atoms with van der Waals surface area (Å²) < 4.78 is 5.25. The van der Waals surface area contributed by atoms with Gasteiger partial charge in [0.1, 0.15) is 11.6 Å². The SMILES string of the molecule is COc1ccc(-c2cc3ccc(C)cc3c(N)n2)c(C)c1. The van der Waals surface area contributed by atoms with Gasteiger partial charge in [0.05, 0.1) is 12.8 Å². The Bertz CT molecular complexity index is 825. The summed E-state index contributed by atoms with van der Waals surface area (Å²) >= 11 is 0. The van der Waals surface area contributed by atoms with Crippen molar-refractivity contribution in [2.45, 2.75) is 13.8 Å². The second-order valence-corrected chi connectivity index (χ2v) is 5.30. The highest BCUT2D eigenvalue weighted by Crippen LogP contribution is 2.30. The number of pyridine rings is 1. The molecular weight excluding hydrogens is 260 g/mol. The Hall–Kier alpha value is -2.55. The molecule has 3 rings (SSSR count). The Morgan fingerprint density at radius 3 is 2.52 bits per heavy atom. The molecule has 0 amide bonds. The van der Waals surface area contributed by atoms with Gasteiger partial charge in [-0.1, -0.05) is 17.7 Å². The fraction of sp³-hybridized carbons (Fsp3) is 0.167. The first-order chi connectivity index (χ1) is 10.1. The molecule has 0 radical (unpaired) electrons. The Labute approximate surface area is 124 Å². The van der Waals surface area contributed by atoms with Gasteiger partial charge < -0.3 is 10.5 Å². The number of methoxy groups -OCH3 is 1. The number of nitrogen functional groups attached to an aromatic ring is 1. The van der Waals surface area contributed by atoms with Crippen LogP contribution in [0.1, 0.15) is 11.1 Å². The number of hydrogen-bond donors (Lipinski definition) is 1. The van der Waals surface area contributed by atoms with E-state index in [4.69, 9.17) is 10.5 Å². The van der Waals surface area contributed by atoms with Crippen LogP contribution in [0.25, 0.3) is 22.0 Å². The highest BCUT2D eigenvalue weighted by molar-refractivity contribution is 5.94. The average Bonchev–Trinajstić information content (AvgIpc) is 2.47. The fourth-order valence-electron chi connectivity index (χ4n) is 2.58.